The van der Waals surface area contributed by atoms with E-state index in [0.29, 0.717) is 29.4 Å². The predicted octanol–water partition coefficient (Wildman–Crippen LogP) is 3.05. The summed E-state index contributed by atoms with van der Waals surface area (Å²) in [6.45, 7) is 2.86. The average Bonchev–Trinajstić information content (AvgIpc) is 2.28. The second-order valence-corrected chi connectivity index (χ2v) is 8.41. The maximum Gasteiger partial charge on any atom is 0.255 e. The predicted molar refractivity (Wildman–Crippen MR) is 82.2 cm³/mol. The quantitative estimate of drug-likeness (QED) is 0.923. The van der Waals surface area contributed by atoms with Crippen molar-refractivity contribution in [3.63, 3.8) is 0 Å². The van der Waals surface area contributed by atoms with Crippen LogP contribution in [0.4, 0.5) is 0 Å². The van der Waals surface area contributed by atoms with E-state index in [1.807, 2.05) is 6.92 Å². The van der Waals surface area contributed by atoms with Gasteiger partial charge in [0.1, 0.15) is 0 Å². The van der Waals surface area contributed by atoms with Gasteiger partial charge in [0, 0.05) is 40.7 Å². The Hall–Kier alpha value is -0.780. The molecule has 0 saturated carbocycles. The number of carbonyl (C=O) groups excluding carboxylic acids is 1. The second kappa shape index (κ2) is 5.54. The van der Waals surface area contributed by atoms with E-state index in [1.54, 1.807) is 17.0 Å². The highest BCUT2D eigenvalue weighted by Crippen LogP contribution is 2.31. The van der Waals surface area contributed by atoms with Gasteiger partial charge in [-0.1, -0.05) is 29.3 Å². The molecule has 1 aliphatic heterocycles. The van der Waals surface area contributed by atoms with Gasteiger partial charge >= 0.3 is 0 Å². The second-order valence-electron chi connectivity index (χ2n) is 5.31. The zero-order valence-corrected chi connectivity index (χ0v) is 13.6. The van der Waals surface area contributed by atoms with Crippen molar-refractivity contribution in [1.29, 1.82) is 4.78 Å². The molecule has 1 aromatic carbocycles. The van der Waals surface area contributed by atoms with Crippen LogP contribution in [-0.4, -0.2) is 40.1 Å². The van der Waals surface area contributed by atoms with Crippen molar-refractivity contribution in [2.75, 3.05) is 25.1 Å². The topological polar surface area (TPSA) is 61.2 Å². The molecule has 1 heterocycles. The third-order valence-electron chi connectivity index (χ3n) is 3.30. The first kappa shape index (κ1) is 15.6. The van der Waals surface area contributed by atoms with Crippen molar-refractivity contribution in [2.24, 2.45) is 5.92 Å². The Morgan fingerprint density at radius 2 is 2.00 bits per heavy atom. The maximum absolute atomic E-state index is 12.3. The molecule has 110 valence electrons. The Bertz CT molecular complexity index is 653. The molecule has 1 atom stereocenters. The zero-order chi connectivity index (χ0) is 15.1. The van der Waals surface area contributed by atoms with Crippen LogP contribution >= 0.6 is 23.2 Å². The number of hydrogen-bond donors (Lipinski definition) is 1. The highest BCUT2D eigenvalue weighted by atomic mass is 35.5. The molecule has 1 aliphatic rings. The fourth-order valence-corrected chi connectivity index (χ4v) is 3.84. The van der Waals surface area contributed by atoms with Crippen LogP contribution in [0.3, 0.4) is 0 Å². The number of benzene rings is 1. The standard InChI is InChI=1S/C13H16Cl2N2O2S/c1-8-3-4-10(12(15)11(8)14)13(18)17-5-9(6-17)7-20(2,16)19/h3-4,9,16H,5-7H2,1-2H3. The number of aryl methyl sites for hydroxylation is 1. The van der Waals surface area contributed by atoms with E-state index in [-0.39, 0.29) is 16.8 Å². The van der Waals surface area contributed by atoms with E-state index < -0.39 is 9.73 Å². The first-order valence-corrected chi connectivity index (χ1v) is 9.03. The lowest BCUT2D eigenvalue weighted by molar-refractivity contribution is 0.0536. The largest absolute Gasteiger partial charge is 0.338 e. The van der Waals surface area contributed by atoms with E-state index in [0.717, 1.165) is 5.56 Å². The van der Waals surface area contributed by atoms with Crippen molar-refractivity contribution in [3.8, 4) is 0 Å². The Kier molecular flexibility index (Phi) is 4.33. The van der Waals surface area contributed by atoms with Crippen LogP contribution in [0.2, 0.25) is 10.0 Å². The molecular weight excluding hydrogens is 319 g/mol. The van der Waals surface area contributed by atoms with Gasteiger partial charge in [-0.2, -0.15) is 0 Å². The average molecular weight is 335 g/mol. The van der Waals surface area contributed by atoms with Crippen molar-refractivity contribution < 1.29 is 9.00 Å². The summed E-state index contributed by atoms with van der Waals surface area (Å²) in [6, 6.07) is 3.44. The maximum atomic E-state index is 12.3. The van der Waals surface area contributed by atoms with Gasteiger partial charge in [-0.25, -0.2) is 0 Å². The van der Waals surface area contributed by atoms with E-state index in [1.165, 1.54) is 6.26 Å². The molecule has 0 aromatic heterocycles. The number of amides is 1. The van der Waals surface area contributed by atoms with Crippen LogP contribution in [0.15, 0.2) is 12.1 Å². The van der Waals surface area contributed by atoms with E-state index in [4.69, 9.17) is 28.0 Å². The molecular formula is C13H16Cl2N2O2S. The van der Waals surface area contributed by atoms with Gasteiger partial charge in [-0.05, 0) is 18.6 Å². The lowest BCUT2D eigenvalue weighted by Crippen LogP contribution is -2.52. The fraction of sp³-hybridized carbons (Fsp3) is 0.462. The Morgan fingerprint density at radius 1 is 1.40 bits per heavy atom. The summed E-state index contributed by atoms with van der Waals surface area (Å²) in [7, 11) is -2.50. The summed E-state index contributed by atoms with van der Waals surface area (Å²) in [5.74, 6) is 0.300. The molecule has 1 saturated heterocycles. The molecule has 1 fully saturated rings. The lowest BCUT2D eigenvalue weighted by atomic mass is 10.0. The summed E-state index contributed by atoms with van der Waals surface area (Å²) < 4.78 is 18.8. The monoisotopic (exact) mass is 334 g/mol. The minimum Gasteiger partial charge on any atom is -0.338 e. The Balaban J connectivity index is 2.07. The van der Waals surface area contributed by atoms with Crippen LogP contribution in [-0.2, 0) is 9.73 Å². The molecule has 1 N–H and O–H groups in total. The molecule has 1 amide bonds. The molecule has 1 unspecified atom stereocenters. The molecule has 2 rings (SSSR count). The first-order chi connectivity index (χ1) is 9.19. The minimum atomic E-state index is -2.50. The number of nitrogens with zero attached hydrogens (tertiary/aromatic N) is 1. The third kappa shape index (κ3) is 3.27. The van der Waals surface area contributed by atoms with Gasteiger partial charge in [-0.15, -0.1) is 0 Å². The van der Waals surface area contributed by atoms with Crippen LogP contribution in [0.25, 0.3) is 0 Å². The van der Waals surface area contributed by atoms with Gasteiger partial charge in [0.05, 0.1) is 15.6 Å². The van der Waals surface area contributed by atoms with E-state index in [2.05, 4.69) is 0 Å². The molecule has 7 heteroatoms. The minimum absolute atomic E-state index is 0.133. The van der Waals surface area contributed by atoms with Crippen LogP contribution in [0, 0.1) is 17.6 Å². The molecule has 0 radical (unpaired) electrons. The molecule has 0 bridgehead atoms. The number of carbonyl (C=O) groups is 1. The highest BCUT2D eigenvalue weighted by Gasteiger charge is 2.33. The zero-order valence-electron chi connectivity index (χ0n) is 11.3. The van der Waals surface area contributed by atoms with Gasteiger partial charge in [0.2, 0.25) is 0 Å². The Labute approximate surface area is 129 Å². The summed E-state index contributed by atoms with van der Waals surface area (Å²) in [5, 5.41) is 0.678. The molecule has 0 aliphatic carbocycles. The molecule has 4 nitrogen and oxygen atoms in total. The SMILES string of the molecule is Cc1ccc(C(=O)N2CC(CS(C)(=N)=O)C2)c(Cl)c1Cl. The van der Waals surface area contributed by atoms with Gasteiger partial charge in [0.25, 0.3) is 5.91 Å². The number of rotatable bonds is 3. The first-order valence-electron chi connectivity index (χ1n) is 6.14. The van der Waals surface area contributed by atoms with Crippen molar-refractivity contribution in [2.45, 2.75) is 6.92 Å². The normalized spacial score (nSPS) is 18.5. The highest BCUT2D eigenvalue weighted by molar-refractivity contribution is 7.91. The van der Waals surface area contributed by atoms with Gasteiger partial charge in [0.15, 0.2) is 0 Å². The summed E-state index contributed by atoms with van der Waals surface area (Å²) in [4.78, 5) is 13.9. The molecule has 1 aromatic rings. The van der Waals surface area contributed by atoms with Crippen molar-refractivity contribution >= 4 is 38.8 Å². The van der Waals surface area contributed by atoms with Crippen LogP contribution < -0.4 is 0 Å². The number of likely N-dealkylation sites (tertiary alicyclic amines) is 1. The number of nitrogens with one attached hydrogen (secondary N) is 1. The van der Waals surface area contributed by atoms with E-state index in [9.17, 15) is 9.00 Å². The number of hydrogen-bond acceptors (Lipinski definition) is 3. The summed E-state index contributed by atoms with van der Waals surface area (Å²) in [6.07, 6.45) is 1.42. The van der Waals surface area contributed by atoms with E-state index >= 15 is 0 Å². The van der Waals surface area contributed by atoms with Crippen LogP contribution in [0.5, 0.6) is 0 Å². The molecule has 20 heavy (non-hydrogen) atoms. The fourth-order valence-electron chi connectivity index (χ4n) is 2.27. The number of halogens is 2. The lowest BCUT2D eigenvalue weighted by Gasteiger charge is -2.39. The smallest absolute Gasteiger partial charge is 0.255 e. The van der Waals surface area contributed by atoms with Gasteiger partial charge in [-0.3, -0.25) is 13.8 Å². The van der Waals surface area contributed by atoms with Crippen molar-refractivity contribution in [1.82, 2.24) is 4.90 Å². The molecule has 0 spiro atoms. The van der Waals surface area contributed by atoms with Crippen molar-refractivity contribution in [3.05, 3.63) is 33.3 Å². The summed E-state index contributed by atoms with van der Waals surface area (Å²) >= 11 is 12.1. The Morgan fingerprint density at radius 3 is 2.55 bits per heavy atom. The van der Waals surface area contributed by atoms with Crippen LogP contribution in [0.1, 0.15) is 15.9 Å². The third-order valence-corrected chi connectivity index (χ3v) is 5.39. The summed E-state index contributed by atoms with van der Waals surface area (Å²) in [5.41, 5.74) is 1.22. The van der Waals surface area contributed by atoms with Gasteiger partial charge < -0.3 is 4.90 Å².